The predicted octanol–water partition coefficient (Wildman–Crippen LogP) is -0.0970. The van der Waals surface area contributed by atoms with Crippen LogP contribution in [0.15, 0.2) is 18.5 Å². The van der Waals surface area contributed by atoms with E-state index in [1.807, 2.05) is 19.2 Å². The number of aromatic nitrogens is 2. The van der Waals surface area contributed by atoms with E-state index < -0.39 is 0 Å². The largest absolute Gasteiger partial charge is 0.379 e. The van der Waals surface area contributed by atoms with Gasteiger partial charge in [0, 0.05) is 44.6 Å². The molecular formula is C13H23N5O2. The molecule has 0 aromatic carbocycles. The fraction of sp³-hybridized carbons (Fsp3) is 0.692. The molecule has 2 heterocycles. The van der Waals surface area contributed by atoms with Gasteiger partial charge in [-0.05, 0) is 13.0 Å². The second kappa shape index (κ2) is 7.86. The second-order valence-corrected chi connectivity index (χ2v) is 4.98. The minimum atomic E-state index is -0.127. The molecule has 0 bridgehead atoms. The van der Waals surface area contributed by atoms with Crippen molar-refractivity contribution in [3.8, 4) is 0 Å². The van der Waals surface area contributed by atoms with Crippen LogP contribution >= 0.6 is 0 Å². The maximum Gasteiger partial charge on any atom is 0.315 e. The van der Waals surface area contributed by atoms with Gasteiger partial charge in [0.2, 0.25) is 0 Å². The summed E-state index contributed by atoms with van der Waals surface area (Å²) in [6.45, 7) is 7.61. The first kappa shape index (κ1) is 14.8. The molecule has 0 saturated carbocycles. The van der Waals surface area contributed by atoms with Crippen LogP contribution in [0.3, 0.4) is 0 Å². The van der Waals surface area contributed by atoms with E-state index in [2.05, 4.69) is 20.6 Å². The SMILES string of the molecule is CC(Cn1cccn1)NC(=O)NCCN1CCOCC1. The molecule has 1 aliphatic rings. The molecule has 2 N–H and O–H groups in total. The minimum Gasteiger partial charge on any atom is -0.379 e. The highest BCUT2D eigenvalue weighted by molar-refractivity contribution is 5.74. The summed E-state index contributed by atoms with van der Waals surface area (Å²) < 4.78 is 7.08. The van der Waals surface area contributed by atoms with Crippen molar-refractivity contribution in [2.75, 3.05) is 39.4 Å². The Hall–Kier alpha value is -1.60. The van der Waals surface area contributed by atoms with Crippen LogP contribution in [0.2, 0.25) is 0 Å². The van der Waals surface area contributed by atoms with Crippen molar-refractivity contribution in [1.82, 2.24) is 25.3 Å². The molecule has 2 rings (SSSR count). The number of morpholine rings is 1. The number of ether oxygens (including phenoxy) is 1. The highest BCUT2D eigenvalue weighted by atomic mass is 16.5. The van der Waals surface area contributed by atoms with E-state index >= 15 is 0 Å². The Kier molecular flexibility index (Phi) is 5.82. The number of nitrogens with one attached hydrogen (secondary N) is 2. The molecule has 1 aliphatic heterocycles. The Morgan fingerprint density at radius 1 is 1.45 bits per heavy atom. The molecule has 0 aliphatic carbocycles. The topological polar surface area (TPSA) is 71.4 Å². The maximum absolute atomic E-state index is 11.7. The second-order valence-electron chi connectivity index (χ2n) is 4.98. The molecule has 112 valence electrons. The van der Waals surface area contributed by atoms with E-state index in [0.29, 0.717) is 13.1 Å². The summed E-state index contributed by atoms with van der Waals surface area (Å²) in [7, 11) is 0. The molecule has 0 radical (unpaired) electrons. The first-order valence-electron chi connectivity index (χ1n) is 7.06. The molecule has 1 aromatic rings. The predicted molar refractivity (Wildman–Crippen MR) is 75.5 cm³/mol. The van der Waals surface area contributed by atoms with E-state index in [0.717, 1.165) is 32.8 Å². The lowest BCUT2D eigenvalue weighted by Gasteiger charge is -2.26. The lowest BCUT2D eigenvalue weighted by Crippen LogP contribution is -2.46. The van der Waals surface area contributed by atoms with Crippen molar-refractivity contribution in [3.05, 3.63) is 18.5 Å². The van der Waals surface area contributed by atoms with Crippen molar-refractivity contribution in [3.63, 3.8) is 0 Å². The molecule has 7 heteroatoms. The van der Waals surface area contributed by atoms with Crippen molar-refractivity contribution in [2.45, 2.75) is 19.5 Å². The first-order valence-corrected chi connectivity index (χ1v) is 7.06. The number of carbonyl (C=O) groups is 1. The zero-order chi connectivity index (χ0) is 14.2. The van der Waals surface area contributed by atoms with Crippen LogP contribution in [0.4, 0.5) is 4.79 Å². The van der Waals surface area contributed by atoms with Gasteiger partial charge in [0.15, 0.2) is 0 Å². The van der Waals surface area contributed by atoms with Gasteiger partial charge in [-0.1, -0.05) is 0 Å². The zero-order valence-electron chi connectivity index (χ0n) is 11.9. The Balaban J connectivity index is 1.57. The van der Waals surface area contributed by atoms with E-state index in [-0.39, 0.29) is 12.1 Å². The molecule has 1 saturated heterocycles. The quantitative estimate of drug-likeness (QED) is 0.764. The lowest BCUT2D eigenvalue weighted by atomic mass is 10.3. The normalized spacial score (nSPS) is 17.6. The number of nitrogens with zero attached hydrogens (tertiary/aromatic N) is 3. The van der Waals surface area contributed by atoms with Gasteiger partial charge in [-0.25, -0.2) is 4.79 Å². The lowest BCUT2D eigenvalue weighted by molar-refractivity contribution is 0.0387. The zero-order valence-corrected chi connectivity index (χ0v) is 11.9. The van der Waals surface area contributed by atoms with Gasteiger partial charge in [-0.3, -0.25) is 9.58 Å². The van der Waals surface area contributed by atoms with Crippen LogP contribution in [0.25, 0.3) is 0 Å². The average Bonchev–Trinajstić information content (AvgIpc) is 2.92. The van der Waals surface area contributed by atoms with Gasteiger partial charge in [0.1, 0.15) is 0 Å². The van der Waals surface area contributed by atoms with Crippen molar-refractivity contribution in [1.29, 1.82) is 0 Å². The van der Waals surface area contributed by atoms with Gasteiger partial charge in [-0.15, -0.1) is 0 Å². The molecule has 7 nitrogen and oxygen atoms in total. The number of rotatable bonds is 6. The highest BCUT2D eigenvalue weighted by Gasteiger charge is 2.11. The van der Waals surface area contributed by atoms with Crippen LogP contribution in [-0.2, 0) is 11.3 Å². The Bertz CT molecular complexity index is 389. The summed E-state index contributed by atoms with van der Waals surface area (Å²) in [6.07, 6.45) is 3.61. The fourth-order valence-corrected chi connectivity index (χ4v) is 2.16. The van der Waals surface area contributed by atoms with Crippen LogP contribution in [0, 0.1) is 0 Å². The van der Waals surface area contributed by atoms with E-state index in [1.165, 1.54) is 0 Å². The number of carbonyl (C=O) groups excluding carboxylic acids is 1. The summed E-state index contributed by atoms with van der Waals surface area (Å²) in [5.74, 6) is 0. The summed E-state index contributed by atoms with van der Waals surface area (Å²) in [5, 5.41) is 9.89. The molecule has 1 fully saturated rings. The van der Waals surface area contributed by atoms with Gasteiger partial charge in [-0.2, -0.15) is 5.10 Å². The minimum absolute atomic E-state index is 0.0401. The first-order chi connectivity index (χ1) is 9.74. The monoisotopic (exact) mass is 281 g/mol. The summed E-state index contributed by atoms with van der Waals surface area (Å²) >= 11 is 0. The van der Waals surface area contributed by atoms with Crippen LogP contribution < -0.4 is 10.6 Å². The van der Waals surface area contributed by atoms with E-state index in [4.69, 9.17) is 4.74 Å². The van der Waals surface area contributed by atoms with Crippen molar-refractivity contribution < 1.29 is 9.53 Å². The van der Waals surface area contributed by atoms with Gasteiger partial charge in [0.05, 0.1) is 19.8 Å². The molecule has 0 spiro atoms. The Morgan fingerprint density at radius 3 is 2.95 bits per heavy atom. The van der Waals surface area contributed by atoms with Crippen LogP contribution in [0.5, 0.6) is 0 Å². The van der Waals surface area contributed by atoms with E-state index in [9.17, 15) is 4.79 Å². The maximum atomic E-state index is 11.7. The van der Waals surface area contributed by atoms with Gasteiger partial charge >= 0.3 is 6.03 Å². The molecule has 1 atom stereocenters. The highest BCUT2D eigenvalue weighted by Crippen LogP contribution is 1.95. The van der Waals surface area contributed by atoms with Gasteiger partial charge < -0.3 is 15.4 Å². The Labute approximate surface area is 119 Å². The van der Waals surface area contributed by atoms with Crippen molar-refractivity contribution >= 4 is 6.03 Å². The number of urea groups is 1. The fourth-order valence-electron chi connectivity index (χ4n) is 2.16. The standard InChI is InChI=1S/C13H23N5O2/c1-12(11-18-5-2-3-15-18)16-13(19)14-4-6-17-7-9-20-10-8-17/h2-3,5,12H,4,6-11H2,1H3,(H2,14,16,19). The summed E-state index contributed by atoms with van der Waals surface area (Å²) in [6, 6.07) is 1.78. The van der Waals surface area contributed by atoms with E-state index in [1.54, 1.807) is 10.9 Å². The average molecular weight is 281 g/mol. The van der Waals surface area contributed by atoms with Crippen LogP contribution in [0.1, 0.15) is 6.92 Å². The smallest absolute Gasteiger partial charge is 0.315 e. The van der Waals surface area contributed by atoms with Gasteiger partial charge in [0.25, 0.3) is 0 Å². The van der Waals surface area contributed by atoms with Crippen LogP contribution in [-0.4, -0.2) is 66.1 Å². The number of hydrogen-bond acceptors (Lipinski definition) is 4. The molecule has 2 amide bonds. The summed E-state index contributed by atoms with van der Waals surface area (Å²) in [5.41, 5.74) is 0. The third-order valence-electron chi connectivity index (χ3n) is 3.21. The molecule has 1 unspecified atom stereocenters. The molecule has 1 aromatic heterocycles. The number of amides is 2. The van der Waals surface area contributed by atoms with Crippen molar-refractivity contribution in [2.24, 2.45) is 0 Å². The molecular weight excluding hydrogens is 258 g/mol. The third-order valence-corrected chi connectivity index (χ3v) is 3.21. The Morgan fingerprint density at radius 2 is 2.25 bits per heavy atom. The molecule has 20 heavy (non-hydrogen) atoms. The number of hydrogen-bond donors (Lipinski definition) is 2. The third kappa shape index (κ3) is 5.18. The summed E-state index contributed by atoms with van der Waals surface area (Å²) in [4.78, 5) is 14.0.